The summed E-state index contributed by atoms with van der Waals surface area (Å²) in [6.45, 7) is 0. The van der Waals surface area contributed by atoms with Crippen molar-refractivity contribution in [1.29, 1.82) is 0 Å². The fourth-order valence-corrected chi connectivity index (χ4v) is 6.91. The van der Waals surface area contributed by atoms with Crippen molar-refractivity contribution < 1.29 is 4.79 Å². The minimum absolute atomic E-state index is 0.161. The predicted octanol–water partition coefficient (Wildman–Crippen LogP) is 5.94. The molecule has 2 aromatic carbocycles. The summed E-state index contributed by atoms with van der Waals surface area (Å²) in [4.78, 5) is 20.0. The van der Waals surface area contributed by atoms with E-state index in [0.717, 1.165) is 28.8 Å². The van der Waals surface area contributed by atoms with Crippen LogP contribution in [-0.2, 0) is 5.41 Å². The maximum Gasteiger partial charge on any atom is 0.255 e. The zero-order valence-corrected chi connectivity index (χ0v) is 17.0. The number of hydrogen-bond acceptors (Lipinski definition) is 2. The van der Waals surface area contributed by atoms with E-state index in [-0.39, 0.29) is 5.91 Å². The second-order valence-corrected chi connectivity index (χ2v) is 9.89. The van der Waals surface area contributed by atoms with Crippen molar-refractivity contribution in [2.24, 2.45) is 17.8 Å². The van der Waals surface area contributed by atoms with Gasteiger partial charge in [0.25, 0.3) is 5.91 Å². The van der Waals surface area contributed by atoms with E-state index in [0.29, 0.717) is 21.7 Å². The van der Waals surface area contributed by atoms with E-state index in [1.165, 1.54) is 44.1 Å². The first-order valence-corrected chi connectivity index (χ1v) is 11.0. The van der Waals surface area contributed by atoms with Gasteiger partial charge in [-0.05, 0) is 97.6 Å². The molecule has 1 heterocycles. The number of carbonyl (C=O) groups excluding carboxylic acids is 1. The van der Waals surface area contributed by atoms with Gasteiger partial charge in [0, 0.05) is 5.56 Å². The second kappa shape index (κ2) is 6.33. The normalized spacial score (nSPS) is 30.0. The maximum absolute atomic E-state index is 12.7. The first-order valence-electron chi connectivity index (χ1n) is 10.6. The zero-order valence-electron chi connectivity index (χ0n) is 16.2. The number of imidazole rings is 1. The summed E-state index contributed by atoms with van der Waals surface area (Å²) in [7, 11) is 0. The van der Waals surface area contributed by atoms with Crippen LogP contribution in [0.15, 0.2) is 42.7 Å². The van der Waals surface area contributed by atoms with Crippen molar-refractivity contribution in [3.8, 4) is 0 Å². The number of rotatable bonds is 3. The monoisotopic (exact) mass is 405 g/mol. The highest BCUT2D eigenvalue weighted by atomic mass is 35.5. The van der Waals surface area contributed by atoms with Crippen LogP contribution in [-0.4, -0.2) is 15.9 Å². The summed E-state index contributed by atoms with van der Waals surface area (Å²) in [6.07, 6.45) is 9.86. The van der Waals surface area contributed by atoms with Gasteiger partial charge in [-0.3, -0.25) is 4.79 Å². The van der Waals surface area contributed by atoms with E-state index >= 15 is 0 Å². The van der Waals surface area contributed by atoms with Crippen LogP contribution in [0.5, 0.6) is 0 Å². The number of fused-ring (bicyclic) bond motifs is 1. The molecule has 0 spiro atoms. The van der Waals surface area contributed by atoms with Crippen LogP contribution in [0.25, 0.3) is 11.0 Å². The number of nitrogens with one attached hydrogen (secondary N) is 2. The van der Waals surface area contributed by atoms with Gasteiger partial charge in [0.2, 0.25) is 0 Å². The summed E-state index contributed by atoms with van der Waals surface area (Å²) in [6, 6.07) is 11.8. The molecule has 4 bridgehead atoms. The first kappa shape index (κ1) is 17.5. The molecular weight excluding hydrogens is 382 g/mol. The molecule has 0 atom stereocenters. The molecule has 4 saturated carbocycles. The Bertz CT molecular complexity index is 1080. The Morgan fingerprint density at radius 3 is 2.45 bits per heavy atom. The number of benzene rings is 2. The molecule has 3 aromatic rings. The summed E-state index contributed by atoms with van der Waals surface area (Å²) in [5.74, 6) is 2.54. The molecule has 4 nitrogen and oxygen atoms in total. The topological polar surface area (TPSA) is 57.8 Å². The molecule has 148 valence electrons. The van der Waals surface area contributed by atoms with E-state index in [1.807, 2.05) is 18.2 Å². The molecule has 4 fully saturated rings. The van der Waals surface area contributed by atoms with Crippen LogP contribution < -0.4 is 5.32 Å². The summed E-state index contributed by atoms with van der Waals surface area (Å²) >= 11 is 6.65. The Balaban J connectivity index is 1.26. The standard InChI is InChI=1S/C24H24ClN3O/c25-19-9-18(24-10-14-5-15(11-24)7-16(6-14)12-24)2-4-20(19)28-23(29)17-1-3-21-22(8-17)27-13-26-21/h1-4,8-9,13-16H,5-7,10-12H2,(H,26,27)(H,28,29). The van der Waals surface area contributed by atoms with E-state index in [1.54, 1.807) is 12.4 Å². The third-order valence-electron chi connectivity index (χ3n) is 7.55. The van der Waals surface area contributed by atoms with Crippen LogP contribution >= 0.6 is 11.6 Å². The minimum Gasteiger partial charge on any atom is -0.345 e. The number of carbonyl (C=O) groups is 1. The lowest BCUT2D eigenvalue weighted by molar-refractivity contribution is -0.00517. The van der Waals surface area contributed by atoms with Crippen molar-refractivity contribution in [1.82, 2.24) is 9.97 Å². The average Bonchev–Trinajstić information content (AvgIpc) is 3.16. The van der Waals surface area contributed by atoms with Gasteiger partial charge in [-0.25, -0.2) is 4.98 Å². The van der Waals surface area contributed by atoms with E-state index in [2.05, 4.69) is 27.4 Å². The molecule has 2 N–H and O–H groups in total. The molecule has 7 rings (SSSR count). The molecule has 4 aliphatic rings. The van der Waals surface area contributed by atoms with Gasteiger partial charge in [-0.2, -0.15) is 0 Å². The van der Waals surface area contributed by atoms with E-state index in [9.17, 15) is 4.79 Å². The van der Waals surface area contributed by atoms with Crippen LogP contribution in [0, 0.1) is 17.8 Å². The second-order valence-electron chi connectivity index (χ2n) is 9.48. The molecular formula is C24H24ClN3O. The van der Waals surface area contributed by atoms with Gasteiger partial charge in [0.05, 0.1) is 28.1 Å². The molecule has 1 amide bonds. The van der Waals surface area contributed by atoms with Gasteiger partial charge >= 0.3 is 0 Å². The van der Waals surface area contributed by atoms with Gasteiger partial charge in [-0.15, -0.1) is 0 Å². The summed E-state index contributed by atoms with van der Waals surface area (Å²) in [5.41, 5.74) is 4.64. The van der Waals surface area contributed by atoms with Crippen molar-refractivity contribution in [2.45, 2.75) is 43.9 Å². The Labute approximate surface area is 175 Å². The van der Waals surface area contributed by atoms with Gasteiger partial charge in [-0.1, -0.05) is 17.7 Å². The third kappa shape index (κ3) is 2.88. The average molecular weight is 406 g/mol. The van der Waals surface area contributed by atoms with Gasteiger partial charge in [0.1, 0.15) is 0 Å². The van der Waals surface area contributed by atoms with Crippen LogP contribution in [0.4, 0.5) is 5.69 Å². The number of hydrogen-bond donors (Lipinski definition) is 2. The highest BCUT2D eigenvalue weighted by molar-refractivity contribution is 6.34. The lowest BCUT2D eigenvalue weighted by Gasteiger charge is -2.57. The minimum atomic E-state index is -0.161. The number of amides is 1. The van der Waals surface area contributed by atoms with E-state index < -0.39 is 0 Å². The van der Waals surface area contributed by atoms with Crippen molar-refractivity contribution >= 4 is 34.2 Å². The molecule has 0 radical (unpaired) electrons. The van der Waals surface area contributed by atoms with Crippen LogP contribution in [0.2, 0.25) is 5.02 Å². The van der Waals surface area contributed by atoms with Gasteiger partial charge < -0.3 is 10.3 Å². The number of aromatic amines is 1. The number of nitrogens with zero attached hydrogens (tertiary/aromatic N) is 1. The van der Waals surface area contributed by atoms with Crippen molar-refractivity contribution in [3.05, 3.63) is 58.9 Å². The highest BCUT2D eigenvalue weighted by Gasteiger charge is 2.51. The van der Waals surface area contributed by atoms with E-state index in [4.69, 9.17) is 11.6 Å². The molecule has 0 aliphatic heterocycles. The number of H-pyrrole nitrogens is 1. The quantitative estimate of drug-likeness (QED) is 0.566. The lowest BCUT2D eigenvalue weighted by atomic mass is 9.48. The lowest BCUT2D eigenvalue weighted by Crippen LogP contribution is -2.48. The zero-order chi connectivity index (χ0) is 19.6. The SMILES string of the molecule is O=C(Nc1ccc(C23CC4CC(CC(C4)C2)C3)cc1Cl)c1ccc2nc[nH]c2c1. The number of halogens is 1. The molecule has 5 heteroatoms. The Morgan fingerprint density at radius 2 is 1.76 bits per heavy atom. The molecule has 0 unspecified atom stereocenters. The summed E-state index contributed by atoms with van der Waals surface area (Å²) in [5, 5.41) is 3.61. The number of anilines is 1. The molecule has 29 heavy (non-hydrogen) atoms. The molecule has 4 aliphatic carbocycles. The fourth-order valence-electron chi connectivity index (χ4n) is 6.68. The molecule has 1 aromatic heterocycles. The Morgan fingerprint density at radius 1 is 1.03 bits per heavy atom. The van der Waals surface area contributed by atoms with Crippen molar-refractivity contribution in [2.75, 3.05) is 5.32 Å². The first-order chi connectivity index (χ1) is 14.1. The van der Waals surface area contributed by atoms with Crippen LogP contribution in [0.3, 0.4) is 0 Å². The maximum atomic E-state index is 12.7. The Kier molecular flexibility index (Phi) is 3.83. The Hall–Kier alpha value is -2.33. The smallest absolute Gasteiger partial charge is 0.255 e. The predicted molar refractivity (Wildman–Crippen MR) is 115 cm³/mol. The van der Waals surface area contributed by atoms with Crippen molar-refractivity contribution in [3.63, 3.8) is 0 Å². The fraction of sp³-hybridized carbons (Fsp3) is 0.417. The highest BCUT2D eigenvalue weighted by Crippen LogP contribution is 2.61. The molecule has 0 saturated heterocycles. The van der Waals surface area contributed by atoms with Crippen LogP contribution in [0.1, 0.15) is 54.4 Å². The largest absolute Gasteiger partial charge is 0.345 e. The van der Waals surface area contributed by atoms with Gasteiger partial charge in [0.15, 0.2) is 0 Å². The summed E-state index contributed by atoms with van der Waals surface area (Å²) < 4.78 is 0. The third-order valence-corrected chi connectivity index (χ3v) is 7.86. The number of aromatic nitrogens is 2.